The predicted molar refractivity (Wildman–Crippen MR) is 76.6 cm³/mol. The topological polar surface area (TPSA) is 116 Å². The first-order valence-corrected chi connectivity index (χ1v) is 6.36. The Kier molecular flexibility index (Phi) is 9.57. The molecule has 7 heteroatoms. The van der Waals surface area contributed by atoms with E-state index in [4.69, 9.17) is 29.6 Å². The van der Waals surface area contributed by atoms with Crippen molar-refractivity contribution < 1.29 is 29.6 Å². The van der Waals surface area contributed by atoms with Gasteiger partial charge in [0.15, 0.2) is 0 Å². The van der Waals surface area contributed by atoms with Crippen LogP contribution in [0.4, 0.5) is 0 Å². The summed E-state index contributed by atoms with van der Waals surface area (Å²) in [6, 6.07) is 6.18. The number of ether oxygens (including phenoxy) is 1. The van der Waals surface area contributed by atoms with Crippen molar-refractivity contribution in [2.45, 2.75) is 13.8 Å². The average Bonchev–Trinajstić information content (AvgIpc) is 2.43. The van der Waals surface area contributed by atoms with Crippen LogP contribution in [0.3, 0.4) is 0 Å². The Labute approximate surface area is 123 Å². The molecule has 0 bridgehead atoms. The number of aryl methyl sites for hydroxylation is 2. The third-order valence-electron chi connectivity index (χ3n) is 2.35. The second-order valence-electron chi connectivity index (χ2n) is 4.20. The molecule has 0 aromatic heterocycles. The van der Waals surface area contributed by atoms with Crippen LogP contribution >= 0.6 is 0 Å². The smallest absolute Gasteiger partial charge is 0.414 e. The Balaban J connectivity index is 0.000000567. The molecule has 7 nitrogen and oxygen atoms in total. The first kappa shape index (κ1) is 18.9. The summed E-state index contributed by atoms with van der Waals surface area (Å²) < 4.78 is 5.62. The third kappa shape index (κ3) is 9.42. The minimum Gasteiger partial charge on any atom is -0.492 e. The van der Waals surface area contributed by atoms with Crippen molar-refractivity contribution >= 4 is 11.9 Å². The van der Waals surface area contributed by atoms with Crippen molar-refractivity contribution in [3.05, 3.63) is 29.3 Å². The number of nitrogens with one attached hydrogen (secondary N) is 1. The second kappa shape index (κ2) is 10.6. The molecule has 4 N–H and O–H groups in total. The van der Waals surface area contributed by atoms with Crippen LogP contribution in [0, 0.1) is 13.8 Å². The lowest BCUT2D eigenvalue weighted by Crippen LogP contribution is -2.24. The monoisotopic (exact) mass is 299 g/mol. The molecule has 1 aromatic rings. The lowest BCUT2D eigenvalue weighted by atomic mass is 10.1. The van der Waals surface area contributed by atoms with E-state index in [9.17, 15) is 0 Å². The number of benzene rings is 1. The highest BCUT2D eigenvalue weighted by Crippen LogP contribution is 2.18. The van der Waals surface area contributed by atoms with Gasteiger partial charge in [-0.15, -0.1) is 0 Å². The quantitative estimate of drug-likeness (QED) is 0.444. The summed E-state index contributed by atoms with van der Waals surface area (Å²) in [4.78, 5) is 18.2. The fourth-order valence-corrected chi connectivity index (χ4v) is 1.30. The maximum absolute atomic E-state index is 9.10. The van der Waals surface area contributed by atoms with Gasteiger partial charge in [-0.05, 0) is 31.0 Å². The molecular weight excluding hydrogens is 278 g/mol. The number of hydrogen-bond acceptors (Lipinski definition) is 5. The Hall–Kier alpha value is -2.12. The van der Waals surface area contributed by atoms with Gasteiger partial charge in [0.25, 0.3) is 0 Å². The molecule has 0 radical (unpaired) electrons. The molecule has 0 atom stereocenters. The minimum atomic E-state index is -1.82. The van der Waals surface area contributed by atoms with E-state index in [-0.39, 0.29) is 6.61 Å². The predicted octanol–water partition coefficient (Wildman–Crippen LogP) is 0.420. The van der Waals surface area contributed by atoms with Gasteiger partial charge in [-0.3, -0.25) is 0 Å². The minimum absolute atomic E-state index is 0.170. The Morgan fingerprint density at radius 3 is 2.29 bits per heavy atom. The van der Waals surface area contributed by atoms with E-state index in [2.05, 4.69) is 24.4 Å². The summed E-state index contributed by atoms with van der Waals surface area (Å²) in [5.41, 5.74) is 2.36. The van der Waals surface area contributed by atoms with Gasteiger partial charge in [0.2, 0.25) is 0 Å². The van der Waals surface area contributed by atoms with E-state index in [0.717, 1.165) is 17.9 Å². The lowest BCUT2D eigenvalue weighted by Gasteiger charge is -2.10. The molecule has 0 spiro atoms. The van der Waals surface area contributed by atoms with Crippen molar-refractivity contribution in [1.82, 2.24) is 5.32 Å². The van der Waals surface area contributed by atoms with Gasteiger partial charge < -0.3 is 25.4 Å². The Bertz CT molecular complexity index is 449. The number of aliphatic hydroxyl groups excluding tert-OH is 1. The van der Waals surface area contributed by atoms with Crippen molar-refractivity contribution in [3.8, 4) is 5.75 Å². The number of rotatable bonds is 6. The number of carboxylic acid groups (broad SMARTS) is 2. The molecular formula is C14H21NO6. The van der Waals surface area contributed by atoms with Crippen LogP contribution in [0.15, 0.2) is 18.2 Å². The average molecular weight is 299 g/mol. The number of aliphatic hydroxyl groups is 1. The molecule has 0 heterocycles. The zero-order chi connectivity index (χ0) is 16.3. The first-order chi connectivity index (χ1) is 9.88. The highest BCUT2D eigenvalue weighted by molar-refractivity contribution is 6.27. The van der Waals surface area contributed by atoms with Crippen molar-refractivity contribution in [3.63, 3.8) is 0 Å². The van der Waals surface area contributed by atoms with Crippen molar-refractivity contribution in [2.75, 3.05) is 26.3 Å². The largest absolute Gasteiger partial charge is 0.492 e. The van der Waals surface area contributed by atoms with E-state index < -0.39 is 11.9 Å². The van der Waals surface area contributed by atoms with Gasteiger partial charge in [0.05, 0.1) is 6.61 Å². The molecule has 21 heavy (non-hydrogen) atoms. The summed E-state index contributed by atoms with van der Waals surface area (Å²) in [6.07, 6.45) is 0. The van der Waals surface area contributed by atoms with Crippen molar-refractivity contribution in [1.29, 1.82) is 0 Å². The first-order valence-electron chi connectivity index (χ1n) is 6.36. The molecule has 1 aromatic carbocycles. The van der Waals surface area contributed by atoms with Gasteiger partial charge in [-0.1, -0.05) is 12.1 Å². The van der Waals surface area contributed by atoms with Crippen LogP contribution in [0.2, 0.25) is 0 Å². The van der Waals surface area contributed by atoms with E-state index in [1.54, 1.807) is 0 Å². The number of aliphatic carboxylic acids is 2. The summed E-state index contributed by atoms with van der Waals surface area (Å²) in [5.74, 6) is -2.70. The molecule has 0 saturated heterocycles. The fraction of sp³-hybridized carbons (Fsp3) is 0.429. The highest BCUT2D eigenvalue weighted by Gasteiger charge is 2.04. The normalized spacial score (nSPS) is 9.48. The summed E-state index contributed by atoms with van der Waals surface area (Å²) in [6.45, 7) is 6.27. The van der Waals surface area contributed by atoms with Crippen LogP contribution < -0.4 is 10.1 Å². The van der Waals surface area contributed by atoms with Crippen LogP contribution in [0.1, 0.15) is 11.1 Å². The third-order valence-corrected chi connectivity index (χ3v) is 2.35. The van der Waals surface area contributed by atoms with E-state index in [1.807, 2.05) is 13.0 Å². The van der Waals surface area contributed by atoms with Gasteiger partial charge in [-0.25, -0.2) is 9.59 Å². The van der Waals surface area contributed by atoms with E-state index in [0.29, 0.717) is 13.2 Å². The number of hydrogen-bond donors (Lipinski definition) is 4. The zero-order valence-corrected chi connectivity index (χ0v) is 12.1. The maximum atomic E-state index is 9.10. The van der Waals surface area contributed by atoms with Crippen LogP contribution in [-0.4, -0.2) is 53.6 Å². The molecule has 1 rings (SSSR count). The van der Waals surface area contributed by atoms with Crippen LogP contribution in [0.5, 0.6) is 5.75 Å². The Morgan fingerprint density at radius 2 is 1.76 bits per heavy atom. The van der Waals surface area contributed by atoms with Gasteiger partial charge >= 0.3 is 11.9 Å². The molecule has 0 saturated carbocycles. The molecule has 0 unspecified atom stereocenters. The SMILES string of the molecule is Cc1ccc(C)c(OCCNCCO)c1.O=C(O)C(=O)O. The molecule has 118 valence electrons. The van der Waals surface area contributed by atoms with E-state index in [1.165, 1.54) is 5.56 Å². The second-order valence-corrected chi connectivity index (χ2v) is 4.20. The lowest BCUT2D eigenvalue weighted by molar-refractivity contribution is -0.159. The Morgan fingerprint density at radius 1 is 1.14 bits per heavy atom. The summed E-state index contributed by atoms with van der Waals surface area (Å²) >= 11 is 0. The van der Waals surface area contributed by atoms with Gasteiger partial charge in [0.1, 0.15) is 12.4 Å². The summed E-state index contributed by atoms with van der Waals surface area (Å²) in [5, 5.41) is 26.4. The van der Waals surface area contributed by atoms with Crippen LogP contribution in [-0.2, 0) is 9.59 Å². The molecule has 0 aliphatic rings. The molecule has 0 aliphatic carbocycles. The number of carboxylic acids is 2. The zero-order valence-electron chi connectivity index (χ0n) is 12.1. The fourth-order valence-electron chi connectivity index (χ4n) is 1.30. The molecule has 0 fully saturated rings. The standard InChI is InChI=1S/C12H19NO2.C2H2O4/c1-10-3-4-11(2)12(9-10)15-8-6-13-5-7-14;3-1(4)2(5)6/h3-4,9,13-14H,5-8H2,1-2H3;(H,3,4)(H,5,6). The van der Waals surface area contributed by atoms with E-state index >= 15 is 0 Å². The maximum Gasteiger partial charge on any atom is 0.414 e. The molecule has 0 aliphatic heterocycles. The highest BCUT2D eigenvalue weighted by atomic mass is 16.5. The van der Waals surface area contributed by atoms with Gasteiger partial charge in [-0.2, -0.15) is 0 Å². The molecule has 0 amide bonds. The van der Waals surface area contributed by atoms with Crippen LogP contribution in [0.25, 0.3) is 0 Å². The number of carbonyl (C=O) groups is 2. The van der Waals surface area contributed by atoms with Crippen molar-refractivity contribution in [2.24, 2.45) is 0 Å². The van der Waals surface area contributed by atoms with Gasteiger partial charge in [0, 0.05) is 13.1 Å². The summed E-state index contributed by atoms with van der Waals surface area (Å²) in [7, 11) is 0.